The number of hydrogen-bond donors (Lipinski definition) is 2. The van der Waals surface area contributed by atoms with E-state index in [0.29, 0.717) is 18.7 Å². The van der Waals surface area contributed by atoms with Crippen molar-refractivity contribution in [1.29, 1.82) is 0 Å². The van der Waals surface area contributed by atoms with Gasteiger partial charge in [0.2, 0.25) is 0 Å². The van der Waals surface area contributed by atoms with Crippen LogP contribution in [0.3, 0.4) is 0 Å². The zero-order valence-corrected chi connectivity index (χ0v) is 21.6. The van der Waals surface area contributed by atoms with Gasteiger partial charge in [0.1, 0.15) is 18.1 Å². The number of benzene rings is 3. The molecule has 1 atom stereocenters. The van der Waals surface area contributed by atoms with Crippen molar-refractivity contribution in [2.24, 2.45) is 0 Å². The first-order chi connectivity index (χ1) is 17.9. The highest BCUT2D eigenvalue weighted by atomic mass is 127. The van der Waals surface area contributed by atoms with Crippen molar-refractivity contribution in [2.75, 3.05) is 13.2 Å². The molecule has 0 spiro atoms. The molecule has 10 heteroatoms. The van der Waals surface area contributed by atoms with Crippen LogP contribution < -0.4 is 5.69 Å². The van der Waals surface area contributed by atoms with Gasteiger partial charge in [-0.25, -0.2) is 13.9 Å². The Morgan fingerprint density at radius 1 is 1.00 bits per heavy atom. The van der Waals surface area contributed by atoms with E-state index in [4.69, 9.17) is 9.84 Å². The number of halogens is 2. The van der Waals surface area contributed by atoms with E-state index in [1.54, 1.807) is 21.7 Å². The molecule has 2 aromatic heterocycles. The SMILES string of the molecule is O=C1COC(c2cn(-c3ccc(I)cc3)nc2-c2ccc(F)cc2)N1CCc1ccc2[nH]c(=O)[nH]c2c1. The Kier molecular flexibility index (Phi) is 6.13. The Bertz CT molecular complexity index is 1660. The molecule has 1 amide bonds. The van der Waals surface area contributed by atoms with Gasteiger partial charge in [0.05, 0.1) is 16.7 Å². The average molecular weight is 609 g/mol. The number of imidazole rings is 1. The lowest BCUT2D eigenvalue weighted by atomic mass is 10.1. The number of ether oxygens (including phenoxy) is 1. The molecule has 3 aromatic carbocycles. The van der Waals surface area contributed by atoms with Crippen molar-refractivity contribution in [3.05, 3.63) is 104 Å². The second-order valence-corrected chi connectivity index (χ2v) is 10.1. The second kappa shape index (κ2) is 9.60. The molecule has 0 saturated carbocycles. The number of hydrogen-bond acceptors (Lipinski definition) is 4. The molecular weight excluding hydrogens is 588 g/mol. The van der Waals surface area contributed by atoms with Crippen LogP contribution in [0.2, 0.25) is 0 Å². The number of rotatable bonds is 6. The van der Waals surface area contributed by atoms with Crippen molar-refractivity contribution in [2.45, 2.75) is 12.6 Å². The monoisotopic (exact) mass is 609 g/mol. The fourth-order valence-electron chi connectivity index (χ4n) is 4.56. The summed E-state index contributed by atoms with van der Waals surface area (Å²) in [5, 5.41) is 4.81. The first-order valence-corrected chi connectivity index (χ1v) is 12.8. The van der Waals surface area contributed by atoms with Crippen LogP contribution in [-0.2, 0) is 16.0 Å². The second-order valence-electron chi connectivity index (χ2n) is 8.82. The summed E-state index contributed by atoms with van der Waals surface area (Å²) in [6.07, 6.45) is 1.81. The Balaban J connectivity index is 1.34. The number of carbonyl (C=O) groups excluding carboxylic acids is 1. The molecule has 2 N–H and O–H groups in total. The van der Waals surface area contributed by atoms with E-state index in [1.807, 2.05) is 48.7 Å². The molecule has 1 aliphatic heterocycles. The molecular formula is C27H21FIN5O3. The molecule has 0 aliphatic carbocycles. The number of H-pyrrole nitrogens is 2. The number of amides is 1. The average Bonchev–Trinajstić information content (AvgIpc) is 3.59. The van der Waals surface area contributed by atoms with Crippen LogP contribution in [0.15, 0.2) is 77.7 Å². The summed E-state index contributed by atoms with van der Waals surface area (Å²) >= 11 is 2.25. The van der Waals surface area contributed by atoms with Gasteiger partial charge in [0.15, 0.2) is 6.23 Å². The van der Waals surface area contributed by atoms with Gasteiger partial charge in [-0.15, -0.1) is 0 Å². The molecule has 0 radical (unpaired) electrons. The van der Waals surface area contributed by atoms with Crippen LogP contribution >= 0.6 is 22.6 Å². The van der Waals surface area contributed by atoms with E-state index >= 15 is 0 Å². The lowest BCUT2D eigenvalue weighted by Crippen LogP contribution is -2.30. The minimum absolute atomic E-state index is 0.0353. The number of nitrogens with one attached hydrogen (secondary N) is 2. The number of aromatic nitrogens is 4. The molecule has 1 unspecified atom stereocenters. The summed E-state index contributed by atoms with van der Waals surface area (Å²) in [6, 6.07) is 19.7. The predicted molar refractivity (Wildman–Crippen MR) is 145 cm³/mol. The highest BCUT2D eigenvalue weighted by Crippen LogP contribution is 2.35. The predicted octanol–water partition coefficient (Wildman–Crippen LogP) is 4.55. The molecule has 3 heterocycles. The van der Waals surface area contributed by atoms with Gasteiger partial charge in [-0.05, 0) is 95.2 Å². The van der Waals surface area contributed by atoms with E-state index in [9.17, 15) is 14.0 Å². The molecule has 37 heavy (non-hydrogen) atoms. The van der Waals surface area contributed by atoms with E-state index in [2.05, 4.69) is 32.6 Å². The number of carbonyl (C=O) groups is 1. The van der Waals surface area contributed by atoms with Gasteiger partial charge in [-0.3, -0.25) is 4.79 Å². The number of fused-ring (bicyclic) bond motifs is 1. The Morgan fingerprint density at radius 3 is 2.54 bits per heavy atom. The van der Waals surface area contributed by atoms with Gasteiger partial charge < -0.3 is 19.6 Å². The van der Waals surface area contributed by atoms with Crippen LogP contribution in [-0.4, -0.2) is 43.7 Å². The van der Waals surface area contributed by atoms with Gasteiger partial charge >= 0.3 is 5.69 Å². The maximum atomic E-state index is 13.7. The third-order valence-electron chi connectivity index (χ3n) is 6.41. The molecule has 6 rings (SSSR count). The van der Waals surface area contributed by atoms with Crippen molar-refractivity contribution < 1.29 is 13.9 Å². The third kappa shape index (κ3) is 4.69. The Hall–Kier alpha value is -3.77. The Morgan fingerprint density at radius 2 is 1.76 bits per heavy atom. The highest BCUT2D eigenvalue weighted by Gasteiger charge is 2.36. The van der Waals surface area contributed by atoms with E-state index < -0.39 is 6.23 Å². The van der Waals surface area contributed by atoms with Gasteiger partial charge in [0, 0.05) is 27.4 Å². The van der Waals surface area contributed by atoms with Crippen LogP contribution in [0, 0.1) is 9.39 Å². The third-order valence-corrected chi connectivity index (χ3v) is 7.13. The lowest BCUT2D eigenvalue weighted by molar-refractivity contribution is -0.128. The van der Waals surface area contributed by atoms with Gasteiger partial charge in [-0.1, -0.05) is 6.07 Å². The summed E-state index contributed by atoms with van der Waals surface area (Å²) < 4.78 is 22.5. The highest BCUT2D eigenvalue weighted by molar-refractivity contribution is 14.1. The largest absolute Gasteiger partial charge is 0.344 e. The maximum Gasteiger partial charge on any atom is 0.323 e. The summed E-state index contributed by atoms with van der Waals surface area (Å²) in [5.41, 5.74) is 5.11. The Labute approximate surface area is 224 Å². The summed E-state index contributed by atoms with van der Waals surface area (Å²) in [6.45, 7) is 0.383. The molecule has 1 aliphatic rings. The van der Waals surface area contributed by atoms with Crippen LogP contribution in [0.4, 0.5) is 4.39 Å². The van der Waals surface area contributed by atoms with Crippen LogP contribution in [0.25, 0.3) is 28.0 Å². The number of aromatic amines is 2. The zero-order chi connectivity index (χ0) is 25.5. The summed E-state index contributed by atoms with van der Waals surface area (Å²) in [4.78, 5) is 31.7. The zero-order valence-electron chi connectivity index (χ0n) is 19.4. The molecule has 0 bridgehead atoms. The van der Waals surface area contributed by atoms with Gasteiger partial charge in [-0.2, -0.15) is 5.10 Å². The van der Waals surface area contributed by atoms with Crippen molar-refractivity contribution >= 4 is 39.5 Å². The lowest BCUT2D eigenvalue weighted by Gasteiger charge is -2.23. The van der Waals surface area contributed by atoms with Crippen molar-refractivity contribution in [1.82, 2.24) is 24.6 Å². The maximum absolute atomic E-state index is 13.7. The minimum atomic E-state index is -0.638. The first kappa shape index (κ1) is 23.6. The van der Waals surface area contributed by atoms with Crippen molar-refractivity contribution in [3.63, 3.8) is 0 Å². The summed E-state index contributed by atoms with van der Waals surface area (Å²) in [7, 11) is 0. The normalized spacial score (nSPS) is 15.7. The molecule has 186 valence electrons. The summed E-state index contributed by atoms with van der Waals surface area (Å²) in [5.74, 6) is -0.453. The smallest absolute Gasteiger partial charge is 0.323 e. The standard InChI is InChI=1S/C27H21FIN5O3/c28-18-4-2-17(3-5-18)25-21(14-34(32-25)20-8-6-19(29)7-9-20)26-33(24(35)15-37-26)12-11-16-1-10-22-23(13-16)31-27(36)30-22/h1-10,13-14,26H,11-12,15H2,(H2,30,31,36). The first-order valence-electron chi connectivity index (χ1n) is 11.7. The van der Waals surface area contributed by atoms with Gasteiger partial charge in [0.25, 0.3) is 5.91 Å². The minimum Gasteiger partial charge on any atom is -0.344 e. The van der Waals surface area contributed by atoms with Crippen molar-refractivity contribution in [3.8, 4) is 16.9 Å². The fraction of sp³-hybridized carbons (Fsp3) is 0.148. The molecule has 8 nitrogen and oxygen atoms in total. The van der Waals surface area contributed by atoms with E-state index in [-0.39, 0.29) is 24.0 Å². The topological polar surface area (TPSA) is 96.0 Å². The fourth-order valence-corrected chi connectivity index (χ4v) is 4.92. The van der Waals surface area contributed by atoms with Crippen LogP contribution in [0.1, 0.15) is 17.4 Å². The number of nitrogens with zero attached hydrogens (tertiary/aromatic N) is 3. The van der Waals surface area contributed by atoms with E-state index in [1.165, 1.54) is 12.1 Å². The van der Waals surface area contributed by atoms with Crippen LogP contribution in [0.5, 0.6) is 0 Å². The molecule has 1 saturated heterocycles. The molecule has 1 fully saturated rings. The molecule has 5 aromatic rings. The quantitative estimate of drug-likeness (QED) is 0.276. The van der Waals surface area contributed by atoms with E-state index in [0.717, 1.165) is 37.0 Å².